The molecule has 2 aromatic heterocycles. The Bertz CT molecular complexity index is 1230. The standard InChI is InChI=1S/C22H18NO.C5H8O2.Ir/c1-14-9-15(2)22(16(3)10-14)21-11-18-13-23-19(12-20(18)24-21)17-7-5-4-6-8-17;1-4(6)3-5(2)7;/h4-7,9-13H,1-3H3;3,6H,1-2H3;/q-1;;/b;4-3-;. The molecular formula is C27H26IrNO3-. The van der Waals surface area contributed by atoms with Gasteiger partial charge in [-0.15, -0.1) is 35.9 Å². The third-order valence-corrected chi connectivity index (χ3v) is 4.72. The first-order valence-corrected chi connectivity index (χ1v) is 10.1. The van der Waals surface area contributed by atoms with E-state index in [9.17, 15) is 4.79 Å². The fourth-order valence-corrected chi connectivity index (χ4v) is 3.62. The number of furan rings is 1. The van der Waals surface area contributed by atoms with E-state index in [-0.39, 0.29) is 31.6 Å². The van der Waals surface area contributed by atoms with Crippen LogP contribution in [0, 0.1) is 26.8 Å². The van der Waals surface area contributed by atoms with E-state index < -0.39 is 0 Å². The largest absolute Gasteiger partial charge is 0.512 e. The molecule has 4 aromatic rings. The first kappa shape index (κ1) is 25.3. The van der Waals surface area contributed by atoms with Gasteiger partial charge < -0.3 is 14.5 Å². The number of hydrogen-bond acceptors (Lipinski definition) is 4. The molecule has 5 heteroatoms. The monoisotopic (exact) mass is 605 g/mol. The quantitative estimate of drug-likeness (QED) is 0.157. The molecule has 167 valence electrons. The molecule has 2 aromatic carbocycles. The van der Waals surface area contributed by atoms with Crippen molar-refractivity contribution in [1.29, 1.82) is 0 Å². The summed E-state index contributed by atoms with van der Waals surface area (Å²) < 4.78 is 6.16. The summed E-state index contributed by atoms with van der Waals surface area (Å²) >= 11 is 0. The van der Waals surface area contributed by atoms with E-state index in [1.54, 1.807) is 0 Å². The summed E-state index contributed by atoms with van der Waals surface area (Å²) in [6.45, 7) is 9.23. The fraction of sp³-hybridized carbons (Fsp3) is 0.185. The molecule has 4 nitrogen and oxygen atoms in total. The molecule has 1 N–H and O–H groups in total. The number of aryl methyl sites for hydroxylation is 3. The van der Waals surface area contributed by atoms with Crippen LogP contribution in [0.15, 0.2) is 71.0 Å². The normalized spacial score (nSPS) is 10.8. The van der Waals surface area contributed by atoms with Crippen molar-refractivity contribution >= 4 is 16.8 Å². The minimum absolute atomic E-state index is 0. The van der Waals surface area contributed by atoms with Crippen molar-refractivity contribution in [1.82, 2.24) is 4.98 Å². The Morgan fingerprint density at radius 1 is 1.06 bits per heavy atom. The van der Waals surface area contributed by atoms with Crippen molar-refractivity contribution in [3.05, 3.63) is 89.3 Å². The van der Waals surface area contributed by atoms with E-state index in [0.717, 1.165) is 28.0 Å². The average molecular weight is 605 g/mol. The first-order chi connectivity index (χ1) is 14.7. The molecule has 0 aliphatic heterocycles. The fourth-order valence-electron chi connectivity index (χ4n) is 3.62. The van der Waals surface area contributed by atoms with E-state index in [0.29, 0.717) is 0 Å². The summed E-state index contributed by atoms with van der Waals surface area (Å²) in [4.78, 5) is 14.6. The number of pyridine rings is 1. The van der Waals surface area contributed by atoms with Crippen LogP contribution in [0.25, 0.3) is 33.6 Å². The zero-order valence-electron chi connectivity index (χ0n) is 18.8. The molecule has 4 rings (SSSR count). The number of allylic oxidation sites excluding steroid dienone is 2. The number of carbonyl (C=O) groups is 1. The van der Waals surface area contributed by atoms with E-state index in [2.05, 4.69) is 50.0 Å². The van der Waals surface area contributed by atoms with Gasteiger partial charge in [-0.2, -0.15) is 0 Å². The van der Waals surface area contributed by atoms with Crippen molar-refractivity contribution in [2.24, 2.45) is 0 Å². The summed E-state index contributed by atoms with van der Waals surface area (Å²) in [6.07, 6.45) is 3.04. The van der Waals surface area contributed by atoms with E-state index >= 15 is 0 Å². The SMILES string of the molecule is CC(=O)/C=C(/C)O.Cc1cc(C)c(-c2cc3cnc(-c4[c-]cccc4)cc3o2)c(C)c1.[Ir]. The summed E-state index contributed by atoms with van der Waals surface area (Å²) in [7, 11) is 0. The molecule has 0 amide bonds. The number of aromatic nitrogens is 1. The van der Waals surface area contributed by atoms with E-state index in [4.69, 9.17) is 9.52 Å². The molecule has 1 radical (unpaired) electrons. The van der Waals surface area contributed by atoms with Gasteiger partial charge >= 0.3 is 0 Å². The number of rotatable bonds is 3. The maximum absolute atomic E-state index is 10.0. The second-order valence-electron chi connectivity index (χ2n) is 7.66. The van der Waals surface area contributed by atoms with E-state index in [1.165, 1.54) is 42.2 Å². The van der Waals surface area contributed by atoms with Gasteiger partial charge in [-0.1, -0.05) is 17.7 Å². The minimum atomic E-state index is -0.125. The second kappa shape index (κ2) is 11.0. The zero-order chi connectivity index (χ0) is 22.5. The van der Waals surface area contributed by atoms with Crippen molar-refractivity contribution < 1.29 is 34.4 Å². The molecule has 0 spiro atoms. The Hall–Kier alpha value is -3.01. The zero-order valence-corrected chi connectivity index (χ0v) is 21.2. The Labute approximate surface area is 202 Å². The van der Waals surface area contributed by atoms with Crippen LogP contribution in [0.3, 0.4) is 0 Å². The number of carbonyl (C=O) groups excluding carboxylic acids is 1. The number of ketones is 1. The Morgan fingerprint density at radius 2 is 1.75 bits per heavy atom. The molecule has 0 fully saturated rings. The topological polar surface area (TPSA) is 63.3 Å². The molecule has 0 aliphatic carbocycles. The maximum atomic E-state index is 10.0. The summed E-state index contributed by atoms with van der Waals surface area (Å²) in [5.41, 5.74) is 7.61. The van der Waals surface area contributed by atoms with Crippen LogP contribution in [0.1, 0.15) is 30.5 Å². The van der Waals surface area contributed by atoms with E-state index in [1.807, 2.05) is 36.5 Å². The third-order valence-electron chi connectivity index (χ3n) is 4.72. The summed E-state index contributed by atoms with van der Waals surface area (Å²) in [5.74, 6) is 0.837. The van der Waals surface area contributed by atoms with Crippen molar-refractivity contribution in [3.8, 4) is 22.6 Å². The van der Waals surface area contributed by atoms with Crippen molar-refractivity contribution in [2.75, 3.05) is 0 Å². The number of hydrogen-bond donors (Lipinski definition) is 1. The first-order valence-electron chi connectivity index (χ1n) is 10.1. The van der Waals surface area contributed by atoms with Gasteiger partial charge in [-0.05, 0) is 63.6 Å². The van der Waals surface area contributed by atoms with Crippen LogP contribution in [0.2, 0.25) is 0 Å². The number of benzene rings is 2. The van der Waals surface area contributed by atoms with Crippen LogP contribution < -0.4 is 0 Å². The van der Waals surface area contributed by atoms with Gasteiger partial charge in [-0.25, -0.2) is 0 Å². The molecule has 0 bridgehead atoms. The predicted molar refractivity (Wildman–Crippen MR) is 125 cm³/mol. The Morgan fingerprint density at radius 3 is 2.28 bits per heavy atom. The Kier molecular flexibility index (Phi) is 8.71. The number of fused-ring (bicyclic) bond motifs is 1. The average Bonchev–Trinajstić information content (AvgIpc) is 3.10. The molecule has 32 heavy (non-hydrogen) atoms. The van der Waals surface area contributed by atoms with Gasteiger partial charge in [-0.3, -0.25) is 4.79 Å². The molecule has 0 aliphatic rings. The molecule has 0 unspecified atom stereocenters. The molecule has 0 saturated heterocycles. The smallest absolute Gasteiger partial charge is 0.155 e. The number of aliphatic hydroxyl groups excluding tert-OH is 1. The van der Waals surface area contributed by atoms with Gasteiger partial charge in [0.05, 0.1) is 5.76 Å². The number of aliphatic hydroxyl groups is 1. The van der Waals surface area contributed by atoms with Gasteiger partial charge in [0.1, 0.15) is 11.3 Å². The molecule has 0 saturated carbocycles. The van der Waals surface area contributed by atoms with Gasteiger partial charge in [0.25, 0.3) is 0 Å². The summed E-state index contributed by atoms with van der Waals surface area (Å²) in [5, 5.41) is 9.38. The van der Waals surface area contributed by atoms with Crippen LogP contribution in [-0.4, -0.2) is 15.9 Å². The maximum Gasteiger partial charge on any atom is 0.155 e. The molecule has 2 heterocycles. The third kappa shape index (κ3) is 6.25. The predicted octanol–water partition coefficient (Wildman–Crippen LogP) is 6.92. The van der Waals surface area contributed by atoms with Crippen LogP contribution in [-0.2, 0) is 24.9 Å². The molecule has 0 atom stereocenters. The Balaban J connectivity index is 0.000000398. The van der Waals surface area contributed by atoms with Crippen molar-refractivity contribution in [3.63, 3.8) is 0 Å². The van der Waals surface area contributed by atoms with Crippen molar-refractivity contribution in [2.45, 2.75) is 34.6 Å². The van der Waals surface area contributed by atoms with Gasteiger partial charge in [0.15, 0.2) is 5.78 Å². The van der Waals surface area contributed by atoms with Gasteiger partial charge in [0.2, 0.25) is 0 Å². The minimum Gasteiger partial charge on any atom is -0.512 e. The summed E-state index contributed by atoms with van der Waals surface area (Å²) in [6, 6.07) is 19.5. The van der Waals surface area contributed by atoms with Crippen LogP contribution in [0.4, 0.5) is 0 Å². The number of nitrogens with zero attached hydrogens (tertiary/aromatic N) is 1. The van der Waals surface area contributed by atoms with Gasteiger partial charge in [0, 0.05) is 43.3 Å². The van der Waals surface area contributed by atoms with Crippen LogP contribution >= 0.6 is 0 Å². The molecular weight excluding hydrogens is 579 g/mol. The van der Waals surface area contributed by atoms with Crippen LogP contribution in [0.5, 0.6) is 0 Å². The second-order valence-corrected chi connectivity index (χ2v) is 7.66.